The van der Waals surface area contributed by atoms with Gasteiger partial charge in [-0.2, -0.15) is 0 Å². The van der Waals surface area contributed by atoms with E-state index < -0.39 is 0 Å². The van der Waals surface area contributed by atoms with Crippen LogP contribution < -0.4 is 5.32 Å². The zero-order valence-corrected chi connectivity index (χ0v) is 10.7. The third kappa shape index (κ3) is 2.28. The van der Waals surface area contributed by atoms with Gasteiger partial charge in [0, 0.05) is 35.6 Å². The predicted octanol–water partition coefficient (Wildman–Crippen LogP) is 3.21. The fourth-order valence-corrected chi connectivity index (χ4v) is 3.12. The number of aromatic nitrogens is 1. The van der Waals surface area contributed by atoms with Crippen molar-refractivity contribution in [3.63, 3.8) is 0 Å². The van der Waals surface area contributed by atoms with Gasteiger partial charge in [0.05, 0.1) is 6.26 Å². The number of fused-ring (bicyclic) bond motifs is 1. The molecule has 0 fully saturated rings. The lowest BCUT2D eigenvalue weighted by Crippen LogP contribution is -2.23. The van der Waals surface area contributed by atoms with E-state index in [2.05, 4.69) is 21.7 Å². The van der Waals surface area contributed by atoms with Gasteiger partial charge in [-0.25, -0.2) is 4.98 Å². The minimum atomic E-state index is 0.432. The van der Waals surface area contributed by atoms with E-state index in [4.69, 9.17) is 4.42 Å². The zero-order chi connectivity index (χ0) is 11.7. The molecule has 1 unspecified atom stereocenters. The van der Waals surface area contributed by atoms with E-state index in [9.17, 15) is 0 Å². The number of thiazole rings is 1. The number of aryl methyl sites for hydroxylation is 2. The lowest BCUT2D eigenvalue weighted by atomic mass is 9.93. The summed E-state index contributed by atoms with van der Waals surface area (Å²) >= 11 is 1.72. The monoisotopic (exact) mass is 248 g/mol. The number of nitrogens with one attached hydrogen (secondary N) is 1. The molecule has 0 saturated carbocycles. The lowest BCUT2D eigenvalue weighted by molar-refractivity contribution is 0.410. The average molecular weight is 248 g/mol. The molecular formula is C13H16N2OS. The standard InChI is InChI=1S/C13H16N2OS/c1-9-8-17-13(15-9)7-14-11-3-2-4-12-10(11)5-6-16-12/h5-6,8,11,14H,2-4,7H2,1H3. The maximum Gasteiger partial charge on any atom is 0.108 e. The van der Waals surface area contributed by atoms with Crippen molar-refractivity contribution in [2.45, 2.75) is 38.8 Å². The van der Waals surface area contributed by atoms with Crippen LogP contribution in [0, 0.1) is 6.92 Å². The highest BCUT2D eigenvalue weighted by Gasteiger charge is 2.22. The fourth-order valence-electron chi connectivity index (χ4n) is 2.39. The van der Waals surface area contributed by atoms with Crippen molar-refractivity contribution in [1.82, 2.24) is 10.3 Å². The first kappa shape index (κ1) is 11.0. The van der Waals surface area contributed by atoms with Gasteiger partial charge in [0.25, 0.3) is 0 Å². The average Bonchev–Trinajstić information content (AvgIpc) is 2.94. The lowest BCUT2D eigenvalue weighted by Gasteiger charge is -2.22. The third-order valence-corrected chi connectivity index (χ3v) is 4.18. The van der Waals surface area contributed by atoms with Crippen LogP contribution in [0.3, 0.4) is 0 Å². The molecule has 0 bridgehead atoms. The summed E-state index contributed by atoms with van der Waals surface area (Å²) in [5.74, 6) is 1.16. The number of furan rings is 1. The van der Waals surface area contributed by atoms with Crippen molar-refractivity contribution in [3.8, 4) is 0 Å². The molecule has 1 N–H and O–H groups in total. The Balaban J connectivity index is 1.67. The molecule has 3 rings (SSSR count). The van der Waals surface area contributed by atoms with Crippen LogP contribution in [-0.4, -0.2) is 4.98 Å². The summed E-state index contributed by atoms with van der Waals surface area (Å²) in [5, 5.41) is 6.84. The van der Waals surface area contributed by atoms with E-state index in [1.54, 1.807) is 17.6 Å². The molecule has 0 aliphatic heterocycles. The first-order valence-corrected chi connectivity index (χ1v) is 6.91. The Hall–Kier alpha value is -1.13. The van der Waals surface area contributed by atoms with E-state index >= 15 is 0 Å². The molecule has 1 aliphatic rings. The van der Waals surface area contributed by atoms with Gasteiger partial charge < -0.3 is 9.73 Å². The van der Waals surface area contributed by atoms with Crippen molar-refractivity contribution in [2.24, 2.45) is 0 Å². The number of hydrogen-bond donors (Lipinski definition) is 1. The highest BCUT2D eigenvalue weighted by atomic mass is 32.1. The molecule has 0 radical (unpaired) electrons. The van der Waals surface area contributed by atoms with Gasteiger partial charge in [-0.3, -0.25) is 0 Å². The number of rotatable bonds is 3. The van der Waals surface area contributed by atoms with Gasteiger partial charge in [0.2, 0.25) is 0 Å². The van der Waals surface area contributed by atoms with Crippen molar-refractivity contribution >= 4 is 11.3 Å². The molecule has 0 aromatic carbocycles. The van der Waals surface area contributed by atoms with Crippen LogP contribution in [0.1, 0.15) is 40.9 Å². The Morgan fingerprint density at radius 3 is 3.35 bits per heavy atom. The molecular weight excluding hydrogens is 232 g/mol. The summed E-state index contributed by atoms with van der Waals surface area (Å²) in [5.41, 5.74) is 2.45. The normalized spacial score (nSPS) is 19.2. The second kappa shape index (κ2) is 4.63. The topological polar surface area (TPSA) is 38.1 Å². The summed E-state index contributed by atoms with van der Waals surface area (Å²) in [4.78, 5) is 4.47. The Labute approximate surface area is 105 Å². The molecule has 1 aliphatic carbocycles. The van der Waals surface area contributed by atoms with Crippen molar-refractivity contribution in [2.75, 3.05) is 0 Å². The molecule has 2 aromatic rings. The molecule has 4 heteroatoms. The van der Waals surface area contributed by atoms with Crippen LogP contribution in [0.2, 0.25) is 0 Å². The fraction of sp³-hybridized carbons (Fsp3) is 0.462. The summed E-state index contributed by atoms with van der Waals surface area (Å²) in [6.45, 7) is 2.89. The van der Waals surface area contributed by atoms with Gasteiger partial charge in [0.15, 0.2) is 0 Å². The molecule has 0 spiro atoms. The highest BCUT2D eigenvalue weighted by Crippen LogP contribution is 2.30. The van der Waals surface area contributed by atoms with Gasteiger partial charge in [-0.1, -0.05) is 0 Å². The summed E-state index contributed by atoms with van der Waals surface area (Å²) < 4.78 is 5.49. The number of nitrogens with zero attached hydrogens (tertiary/aromatic N) is 1. The largest absolute Gasteiger partial charge is 0.469 e. The Morgan fingerprint density at radius 1 is 1.59 bits per heavy atom. The summed E-state index contributed by atoms with van der Waals surface area (Å²) in [7, 11) is 0. The zero-order valence-electron chi connectivity index (χ0n) is 9.90. The van der Waals surface area contributed by atoms with Crippen LogP contribution >= 0.6 is 11.3 Å². The van der Waals surface area contributed by atoms with Gasteiger partial charge in [0.1, 0.15) is 10.8 Å². The van der Waals surface area contributed by atoms with Gasteiger partial charge >= 0.3 is 0 Å². The van der Waals surface area contributed by atoms with Crippen LogP contribution in [-0.2, 0) is 13.0 Å². The highest BCUT2D eigenvalue weighted by molar-refractivity contribution is 7.09. The van der Waals surface area contributed by atoms with Crippen molar-refractivity contribution < 1.29 is 4.42 Å². The van der Waals surface area contributed by atoms with E-state index in [0.717, 1.165) is 29.4 Å². The van der Waals surface area contributed by atoms with Crippen LogP contribution in [0.5, 0.6) is 0 Å². The van der Waals surface area contributed by atoms with E-state index in [0.29, 0.717) is 6.04 Å². The summed E-state index contributed by atoms with van der Waals surface area (Å²) in [6, 6.07) is 2.53. The summed E-state index contributed by atoms with van der Waals surface area (Å²) in [6.07, 6.45) is 5.28. The second-order valence-corrected chi connectivity index (χ2v) is 5.45. The van der Waals surface area contributed by atoms with Gasteiger partial charge in [-0.05, 0) is 25.8 Å². The van der Waals surface area contributed by atoms with Crippen LogP contribution in [0.4, 0.5) is 0 Å². The predicted molar refractivity (Wildman–Crippen MR) is 68.1 cm³/mol. The maximum atomic E-state index is 5.49. The SMILES string of the molecule is Cc1csc(CNC2CCCc3occc32)n1. The van der Waals surface area contributed by atoms with Crippen LogP contribution in [0.15, 0.2) is 22.1 Å². The first-order valence-electron chi connectivity index (χ1n) is 6.03. The minimum Gasteiger partial charge on any atom is -0.469 e. The molecule has 90 valence electrons. The molecule has 0 amide bonds. The van der Waals surface area contributed by atoms with Gasteiger partial charge in [-0.15, -0.1) is 11.3 Å². The quantitative estimate of drug-likeness (QED) is 0.906. The second-order valence-electron chi connectivity index (χ2n) is 4.51. The maximum absolute atomic E-state index is 5.49. The van der Waals surface area contributed by atoms with E-state index in [1.807, 2.05) is 6.92 Å². The Morgan fingerprint density at radius 2 is 2.53 bits per heavy atom. The number of hydrogen-bond acceptors (Lipinski definition) is 4. The molecule has 1 atom stereocenters. The van der Waals surface area contributed by atoms with Crippen molar-refractivity contribution in [3.05, 3.63) is 39.7 Å². The Bertz CT molecular complexity index is 503. The molecule has 17 heavy (non-hydrogen) atoms. The molecule has 2 aromatic heterocycles. The molecule has 2 heterocycles. The van der Waals surface area contributed by atoms with Crippen molar-refractivity contribution in [1.29, 1.82) is 0 Å². The van der Waals surface area contributed by atoms with E-state index in [1.165, 1.54) is 18.4 Å². The third-order valence-electron chi connectivity index (χ3n) is 3.22. The van der Waals surface area contributed by atoms with E-state index in [-0.39, 0.29) is 0 Å². The molecule has 3 nitrogen and oxygen atoms in total. The Kier molecular flexibility index (Phi) is 2.99. The smallest absolute Gasteiger partial charge is 0.108 e. The first-order chi connectivity index (χ1) is 8.33. The van der Waals surface area contributed by atoms with Crippen LogP contribution in [0.25, 0.3) is 0 Å². The minimum absolute atomic E-state index is 0.432. The molecule has 0 saturated heterocycles.